The Bertz CT molecular complexity index is 543. The zero-order chi connectivity index (χ0) is 14.0. The van der Waals surface area contributed by atoms with Crippen molar-refractivity contribution in [3.8, 4) is 6.07 Å². The lowest BCUT2D eigenvalue weighted by molar-refractivity contribution is -0.137. The molecule has 0 spiro atoms. The average Bonchev–Trinajstić information content (AvgIpc) is 2.37. The van der Waals surface area contributed by atoms with E-state index in [4.69, 9.17) is 5.26 Å². The summed E-state index contributed by atoms with van der Waals surface area (Å²) < 4.78 is 38.0. The molecule has 0 aromatic heterocycles. The monoisotopic (exact) mass is 267 g/mol. The molecule has 1 fully saturated rings. The maximum absolute atomic E-state index is 12.7. The van der Waals surface area contributed by atoms with Gasteiger partial charge in [0.2, 0.25) is 0 Å². The molecule has 0 bridgehead atoms. The molecule has 5 heteroatoms. The number of hydrogen-bond donors (Lipinski definition) is 0. The third kappa shape index (κ3) is 2.78. The van der Waals surface area contributed by atoms with E-state index in [-0.39, 0.29) is 11.7 Å². The van der Waals surface area contributed by atoms with Gasteiger partial charge in [-0.25, -0.2) is 0 Å². The topological polar surface area (TPSA) is 40.9 Å². The highest BCUT2D eigenvalue weighted by molar-refractivity contribution is 5.86. The van der Waals surface area contributed by atoms with Crippen LogP contribution in [-0.2, 0) is 11.0 Å². The molecule has 1 aromatic carbocycles. The van der Waals surface area contributed by atoms with Gasteiger partial charge in [0.15, 0.2) is 0 Å². The van der Waals surface area contributed by atoms with Crippen LogP contribution in [0.2, 0.25) is 0 Å². The second kappa shape index (κ2) is 5.04. The van der Waals surface area contributed by atoms with Gasteiger partial charge in [0.1, 0.15) is 5.78 Å². The molecule has 0 aliphatic heterocycles. The highest BCUT2D eigenvalue weighted by Gasteiger charge is 2.34. The van der Waals surface area contributed by atoms with Gasteiger partial charge in [0.05, 0.1) is 17.2 Å². The summed E-state index contributed by atoms with van der Waals surface area (Å²) in [5.74, 6) is -0.307. The molecule has 1 saturated carbocycles. The van der Waals surface area contributed by atoms with Gasteiger partial charge in [-0.1, -0.05) is 12.5 Å². The Morgan fingerprint density at radius 1 is 1.26 bits per heavy atom. The Hall–Kier alpha value is -1.83. The number of nitrogens with zero attached hydrogens (tertiary/aromatic N) is 1. The molecule has 0 heterocycles. The van der Waals surface area contributed by atoms with Crippen molar-refractivity contribution in [2.24, 2.45) is 0 Å². The fourth-order valence-electron chi connectivity index (χ4n) is 2.45. The van der Waals surface area contributed by atoms with Crippen LogP contribution in [0.4, 0.5) is 13.2 Å². The zero-order valence-electron chi connectivity index (χ0n) is 10.1. The van der Waals surface area contributed by atoms with Gasteiger partial charge < -0.3 is 0 Å². The number of alkyl halides is 3. The van der Waals surface area contributed by atoms with Gasteiger partial charge in [-0.2, -0.15) is 18.4 Å². The predicted molar refractivity (Wildman–Crippen MR) is 62.4 cm³/mol. The van der Waals surface area contributed by atoms with E-state index >= 15 is 0 Å². The van der Waals surface area contributed by atoms with E-state index in [0.29, 0.717) is 18.4 Å². The highest BCUT2D eigenvalue weighted by atomic mass is 19.4. The Morgan fingerprint density at radius 3 is 2.58 bits per heavy atom. The summed E-state index contributed by atoms with van der Waals surface area (Å²) in [7, 11) is 0. The first-order chi connectivity index (χ1) is 8.93. The second-order valence-corrected chi connectivity index (χ2v) is 4.68. The molecule has 1 aliphatic carbocycles. The Morgan fingerprint density at radius 2 is 2.00 bits per heavy atom. The van der Waals surface area contributed by atoms with E-state index in [1.807, 2.05) is 0 Å². The third-order valence-corrected chi connectivity index (χ3v) is 3.43. The van der Waals surface area contributed by atoms with Crippen LogP contribution in [0.3, 0.4) is 0 Å². The number of ketones is 1. The van der Waals surface area contributed by atoms with Gasteiger partial charge in [-0.15, -0.1) is 0 Å². The molecule has 1 aromatic rings. The van der Waals surface area contributed by atoms with Crippen molar-refractivity contribution in [3.05, 3.63) is 34.9 Å². The van der Waals surface area contributed by atoms with Crippen LogP contribution in [0.25, 0.3) is 0 Å². The van der Waals surface area contributed by atoms with Gasteiger partial charge in [0, 0.05) is 12.3 Å². The normalized spacial score (nSPS) is 20.1. The molecule has 2 rings (SSSR count). The van der Waals surface area contributed by atoms with Crippen LogP contribution in [0.1, 0.15) is 48.3 Å². The van der Waals surface area contributed by atoms with E-state index in [1.165, 1.54) is 12.1 Å². The molecule has 19 heavy (non-hydrogen) atoms. The van der Waals surface area contributed by atoms with E-state index in [0.717, 1.165) is 18.9 Å². The van der Waals surface area contributed by atoms with Gasteiger partial charge in [-0.3, -0.25) is 4.79 Å². The van der Waals surface area contributed by atoms with Gasteiger partial charge >= 0.3 is 6.18 Å². The lowest BCUT2D eigenvalue weighted by Crippen LogP contribution is -2.18. The lowest BCUT2D eigenvalue weighted by atomic mass is 9.82. The predicted octanol–water partition coefficient (Wildman–Crippen LogP) is 3.80. The standard InChI is InChI=1S/C14H12F3NO/c15-14(16,17)12-6-5-9(7-10(12)8-18)11-3-1-2-4-13(11)19/h5-7,11H,1-4H2. The van der Waals surface area contributed by atoms with E-state index in [1.54, 1.807) is 6.07 Å². The molecule has 1 atom stereocenters. The smallest absolute Gasteiger partial charge is 0.299 e. The Labute approximate surface area is 108 Å². The number of rotatable bonds is 1. The number of halogens is 3. The number of carbonyl (C=O) groups excluding carboxylic acids is 1. The third-order valence-electron chi connectivity index (χ3n) is 3.43. The molecule has 0 radical (unpaired) electrons. The molecule has 0 N–H and O–H groups in total. The maximum atomic E-state index is 12.7. The summed E-state index contributed by atoms with van der Waals surface area (Å²) in [6.07, 6.45) is -1.71. The number of Topliss-reactive ketones (excluding diaryl/α,β-unsaturated/α-hetero) is 1. The molecule has 1 aliphatic rings. The van der Waals surface area contributed by atoms with Crippen LogP contribution < -0.4 is 0 Å². The summed E-state index contributed by atoms with van der Waals surface area (Å²) in [5, 5.41) is 8.84. The van der Waals surface area contributed by atoms with E-state index < -0.39 is 17.3 Å². The quantitative estimate of drug-likeness (QED) is 0.776. The van der Waals surface area contributed by atoms with Gasteiger partial charge in [0.25, 0.3) is 0 Å². The first kappa shape index (κ1) is 13.6. The summed E-state index contributed by atoms with van der Waals surface area (Å²) in [6.45, 7) is 0. The molecule has 2 nitrogen and oxygen atoms in total. The first-order valence-corrected chi connectivity index (χ1v) is 6.07. The largest absolute Gasteiger partial charge is 0.417 e. The maximum Gasteiger partial charge on any atom is 0.417 e. The van der Waals surface area contributed by atoms with Crippen molar-refractivity contribution in [2.75, 3.05) is 0 Å². The zero-order valence-corrected chi connectivity index (χ0v) is 10.1. The minimum atomic E-state index is -4.54. The highest BCUT2D eigenvalue weighted by Crippen LogP contribution is 2.35. The van der Waals surface area contributed by atoms with Crippen molar-refractivity contribution in [2.45, 2.75) is 37.8 Å². The molecular formula is C14H12F3NO. The fraction of sp³-hybridized carbons (Fsp3) is 0.429. The van der Waals surface area contributed by atoms with Crippen molar-refractivity contribution in [3.63, 3.8) is 0 Å². The van der Waals surface area contributed by atoms with Crippen molar-refractivity contribution >= 4 is 5.78 Å². The fourth-order valence-corrected chi connectivity index (χ4v) is 2.45. The summed E-state index contributed by atoms with van der Waals surface area (Å²) in [6, 6.07) is 4.99. The molecule has 0 saturated heterocycles. The second-order valence-electron chi connectivity index (χ2n) is 4.68. The van der Waals surface area contributed by atoms with Crippen molar-refractivity contribution in [1.29, 1.82) is 5.26 Å². The van der Waals surface area contributed by atoms with Gasteiger partial charge in [-0.05, 0) is 30.5 Å². The minimum Gasteiger partial charge on any atom is -0.299 e. The Kier molecular flexibility index (Phi) is 3.61. The molecule has 1 unspecified atom stereocenters. The average molecular weight is 267 g/mol. The Balaban J connectivity index is 2.40. The number of nitriles is 1. The summed E-state index contributed by atoms with van der Waals surface area (Å²) in [5.41, 5.74) is -0.834. The van der Waals surface area contributed by atoms with Crippen molar-refractivity contribution in [1.82, 2.24) is 0 Å². The lowest BCUT2D eigenvalue weighted by Gasteiger charge is -2.21. The van der Waals surface area contributed by atoms with Crippen LogP contribution in [0.5, 0.6) is 0 Å². The van der Waals surface area contributed by atoms with E-state index in [9.17, 15) is 18.0 Å². The number of benzene rings is 1. The number of hydrogen-bond acceptors (Lipinski definition) is 2. The minimum absolute atomic E-state index is 0.0508. The SMILES string of the molecule is N#Cc1cc(C2CCCCC2=O)ccc1C(F)(F)F. The molecular weight excluding hydrogens is 255 g/mol. The number of carbonyl (C=O) groups is 1. The molecule has 100 valence electrons. The first-order valence-electron chi connectivity index (χ1n) is 6.07. The van der Waals surface area contributed by atoms with Crippen LogP contribution in [0.15, 0.2) is 18.2 Å². The summed E-state index contributed by atoms with van der Waals surface area (Å²) >= 11 is 0. The molecule has 0 amide bonds. The van der Waals surface area contributed by atoms with Crippen LogP contribution >= 0.6 is 0 Å². The summed E-state index contributed by atoms with van der Waals surface area (Å²) in [4.78, 5) is 11.8. The van der Waals surface area contributed by atoms with E-state index in [2.05, 4.69) is 0 Å². The van der Waals surface area contributed by atoms with Crippen LogP contribution in [0, 0.1) is 11.3 Å². The van der Waals surface area contributed by atoms with Crippen LogP contribution in [-0.4, -0.2) is 5.78 Å². The van der Waals surface area contributed by atoms with Crippen molar-refractivity contribution < 1.29 is 18.0 Å².